The Morgan fingerprint density at radius 3 is 2.56 bits per heavy atom. The summed E-state index contributed by atoms with van der Waals surface area (Å²) in [6, 6.07) is 10.9. The molecule has 0 aliphatic carbocycles. The molecule has 10 heteroatoms. The van der Waals surface area contributed by atoms with Crippen LogP contribution < -0.4 is 5.32 Å². The second-order valence-corrected chi connectivity index (χ2v) is 12.8. The smallest absolute Gasteiger partial charge is 0.151 e. The quantitative estimate of drug-likeness (QED) is 0.274. The number of nitriles is 1. The van der Waals surface area contributed by atoms with Gasteiger partial charge in [-0.05, 0) is 62.6 Å². The van der Waals surface area contributed by atoms with Gasteiger partial charge < -0.3 is 9.88 Å². The highest BCUT2D eigenvalue weighted by molar-refractivity contribution is 7.61. The van der Waals surface area contributed by atoms with Gasteiger partial charge in [-0.15, -0.1) is 0 Å². The number of benzene rings is 1. The number of anilines is 1. The first kappa shape index (κ1) is 25.7. The van der Waals surface area contributed by atoms with E-state index in [1.165, 1.54) is 30.5 Å². The standard InChI is InChI=1S/C26H23ClF2N5OP/c1-15-23(27)26(31-9-8-17-10-16(12-30)4-7-20(17)28)25-22(33-15)11-21(29)24(34-25)18-5-6-19(32-13-18)14-36(2,3)35/h4-7,10-11,13H,8-9,14H2,1-3H3,(H,31,33). The molecule has 3 heterocycles. The highest BCUT2D eigenvalue weighted by Crippen LogP contribution is 2.40. The molecule has 0 amide bonds. The Morgan fingerprint density at radius 1 is 1.11 bits per heavy atom. The molecule has 0 aliphatic heterocycles. The fourth-order valence-corrected chi connectivity index (χ4v) is 5.00. The number of hydrogen-bond donors (Lipinski definition) is 1. The first-order valence-electron chi connectivity index (χ1n) is 11.1. The van der Waals surface area contributed by atoms with Crippen LogP contribution in [0.25, 0.3) is 22.3 Å². The van der Waals surface area contributed by atoms with Crippen molar-refractivity contribution in [2.75, 3.05) is 25.2 Å². The van der Waals surface area contributed by atoms with E-state index >= 15 is 4.39 Å². The predicted molar refractivity (Wildman–Crippen MR) is 139 cm³/mol. The molecule has 36 heavy (non-hydrogen) atoms. The lowest BCUT2D eigenvalue weighted by Gasteiger charge is -2.15. The Balaban J connectivity index is 1.68. The van der Waals surface area contributed by atoms with Crippen molar-refractivity contribution >= 4 is 35.5 Å². The molecule has 0 fully saturated rings. The van der Waals surface area contributed by atoms with Crippen molar-refractivity contribution in [1.29, 1.82) is 5.26 Å². The normalized spacial score (nSPS) is 11.5. The Morgan fingerprint density at radius 2 is 1.89 bits per heavy atom. The molecule has 4 rings (SSSR count). The number of hydrogen-bond acceptors (Lipinski definition) is 6. The van der Waals surface area contributed by atoms with Crippen LogP contribution in [0.2, 0.25) is 5.02 Å². The van der Waals surface area contributed by atoms with Gasteiger partial charge in [-0.1, -0.05) is 11.6 Å². The molecule has 0 spiro atoms. The van der Waals surface area contributed by atoms with E-state index in [0.717, 1.165) is 0 Å². The molecule has 0 unspecified atom stereocenters. The molecule has 4 aromatic rings. The van der Waals surface area contributed by atoms with E-state index in [0.29, 0.717) is 68.9 Å². The zero-order chi connectivity index (χ0) is 26.0. The van der Waals surface area contributed by atoms with Crippen LogP contribution in [0.15, 0.2) is 42.6 Å². The predicted octanol–water partition coefficient (Wildman–Crippen LogP) is 6.58. The van der Waals surface area contributed by atoms with Crippen LogP contribution in [0.3, 0.4) is 0 Å². The van der Waals surface area contributed by atoms with E-state index in [1.54, 1.807) is 32.4 Å². The Bertz CT molecular complexity index is 1550. The van der Waals surface area contributed by atoms with Gasteiger partial charge in [0.05, 0.1) is 40.7 Å². The van der Waals surface area contributed by atoms with Gasteiger partial charge >= 0.3 is 0 Å². The third-order valence-electron chi connectivity index (χ3n) is 5.53. The average Bonchev–Trinajstić information content (AvgIpc) is 2.82. The van der Waals surface area contributed by atoms with Crippen molar-refractivity contribution in [3.8, 4) is 17.3 Å². The van der Waals surface area contributed by atoms with Crippen molar-refractivity contribution in [2.45, 2.75) is 19.5 Å². The second kappa shape index (κ2) is 10.3. The third kappa shape index (κ3) is 5.70. The lowest BCUT2D eigenvalue weighted by Crippen LogP contribution is -2.09. The van der Waals surface area contributed by atoms with Gasteiger partial charge in [-0.25, -0.2) is 18.7 Å². The number of aromatic nitrogens is 3. The number of halogens is 3. The fourth-order valence-electron chi connectivity index (χ4n) is 3.83. The maximum absolute atomic E-state index is 15.0. The average molecular weight is 526 g/mol. The number of fused-ring (bicyclic) bond motifs is 1. The summed E-state index contributed by atoms with van der Waals surface area (Å²) in [7, 11) is -2.30. The molecule has 1 N–H and O–H groups in total. The molecular formula is C26H23ClF2N5OP. The SMILES string of the molecule is Cc1nc2cc(F)c(-c3ccc(CP(C)(C)=O)nc3)nc2c(NCCc2cc(C#N)ccc2F)c1Cl. The summed E-state index contributed by atoms with van der Waals surface area (Å²) in [6.07, 6.45) is 2.15. The van der Waals surface area contributed by atoms with Gasteiger partial charge in [0.25, 0.3) is 0 Å². The van der Waals surface area contributed by atoms with Crippen LogP contribution >= 0.6 is 18.7 Å². The zero-order valence-corrected chi connectivity index (χ0v) is 21.6. The second-order valence-electron chi connectivity index (χ2n) is 8.94. The van der Waals surface area contributed by atoms with Gasteiger partial charge in [0.1, 0.15) is 17.0 Å². The molecule has 1 aromatic carbocycles. The molecule has 0 saturated heterocycles. The van der Waals surface area contributed by atoms with Crippen molar-refractivity contribution in [1.82, 2.24) is 15.0 Å². The number of pyridine rings is 3. The largest absolute Gasteiger partial charge is 0.382 e. The molecule has 6 nitrogen and oxygen atoms in total. The minimum absolute atomic E-state index is 0.0789. The molecule has 0 atom stereocenters. The summed E-state index contributed by atoms with van der Waals surface area (Å²) in [5.74, 6) is -0.970. The highest BCUT2D eigenvalue weighted by Gasteiger charge is 2.18. The Labute approximate surface area is 212 Å². The number of nitrogens with zero attached hydrogens (tertiary/aromatic N) is 4. The van der Waals surface area contributed by atoms with Gasteiger partial charge in [0, 0.05) is 36.2 Å². The molecule has 0 bridgehead atoms. The summed E-state index contributed by atoms with van der Waals surface area (Å²) in [5.41, 5.74) is 3.59. The molecular weight excluding hydrogens is 503 g/mol. The monoisotopic (exact) mass is 525 g/mol. The first-order chi connectivity index (χ1) is 17.1. The van der Waals surface area contributed by atoms with E-state index in [9.17, 15) is 8.96 Å². The van der Waals surface area contributed by atoms with Crippen LogP contribution in [0, 0.1) is 29.9 Å². The summed E-state index contributed by atoms with van der Waals surface area (Å²) < 4.78 is 41.3. The topological polar surface area (TPSA) is 91.6 Å². The number of aryl methyl sites for hydroxylation is 1. The van der Waals surface area contributed by atoms with Crippen LogP contribution in [0.1, 0.15) is 22.5 Å². The fraction of sp³-hybridized carbons (Fsp3) is 0.231. The van der Waals surface area contributed by atoms with Gasteiger partial charge in [-0.2, -0.15) is 5.26 Å². The lowest BCUT2D eigenvalue weighted by atomic mass is 10.1. The van der Waals surface area contributed by atoms with Crippen LogP contribution in [0.4, 0.5) is 14.5 Å². The maximum Gasteiger partial charge on any atom is 0.151 e. The van der Waals surface area contributed by atoms with Gasteiger partial charge in [0.2, 0.25) is 0 Å². The zero-order valence-electron chi connectivity index (χ0n) is 19.9. The minimum Gasteiger partial charge on any atom is -0.382 e. The van der Waals surface area contributed by atoms with Crippen LogP contribution in [-0.4, -0.2) is 34.8 Å². The number of rotatable bonds is 7. The van der Waals surface area contributed by atoms with E-state index < -0.39 is 18.8 Å². The highest BCUT2D eigenvalue weighted by atomic mass is 35.5. The van der Waals surface area contributed by atoms with Crippen LogP contribution in [0.5, 0.6) is 0 Å². The third-order valence-corrected chi connectivity index (χ3v) is 7.08. The van der Waals surface area contributed by atoms with Gasteiger partial charge in [-0.3, -0.25) is 4.98 Å². The van der Waals surface area contributed by atoms with E-state index in [4.69, 9.17) is 16.9 Å². The molecule has 184 valence electrons. The lowest BCUT2D eigenvalue weighted by molar-refractivity contribution is 0.581. The molecule has 3 aromatic heterocycles. The van der Waals surface area contributed by atoms with Crippen molar-refractivity contribution in [3.05, 3.63) is 81.8 Å². The van der Waals surface area contributed by atoms with Crippen LogP contribution in [-0.2, 0) is 17.1 Å². The molecule has 0 radical (unpaired) electrons. The van der Waals surface area contributed by atoms with Gasteiger partial charge in [0.15, 0.2) is 5.82 Å². The summed E-state index contributed by atoms with van der Waals surface area (Å²) >= 11 is 6.54. The first-order valence-corrected chi connectivity index (χ1v) is 14.3. The van der Waals surface area contributed by atoms with E-state index in [-0.39, 0.29) is 5.69 Å². The molecule has 0 aliphatic rings. The van der Waals surface area contributed by atoms with E-state index in [2.05, 4.69) is 20.3 Å². The van der Waals surface area contributed by atoms with Crippen molar-refractivity contribution in [2.24, 2.45) is 0 Å². The molecule has 0 saturated carbocycles. The summed E-state index contributed by atoms with van der Waals surface area (Å²) in [4.78, 5) is 13.2. The maximum atomic E-state index is 15.0. The number of nitrogens with one attached hydrogen (secondary N) is 1. The Kier molecular flexibility index (Phi) is 7.35. The van der Waals surface area contributed by atoms with Crippen molar-refractivity contribution < 1.29 is 13.3 Å². The van der Waals surface area contributed by atoms with E-state index in [1.807, 2.05) is 6.07 Å². The van der Waals surface area contributed by atoms with Crippen molar-refractivity contribution in [3.63, 3.8) is 0 Å². The Hall–Kier alpha value is -3.40. The summed E-state index contributed by atoms with van der Waals surface area (Å²) in [5, 5.41) is 12.6. The minimum atomic E-state index is -2.30. The summed E-state index contributed by atoms with van der Waals surface area (Å²) in [6.45, 7) is 5.38.